The van der Waals surface area contributed by atoms with Crippen molar-refractivity contribution in [2.75, 3.05) is 11.9 Å². The summed E-state index contributed by atoms with van der Waals surface area (Å²) in [4.78, 5) is 28.7. The highest BCUT2D eigenvalue weighted by Gasteiger charge is 2.24. The lowest BCUT2D eigenvalue weighted by Gasteiger charge is -2.10. The quantitative estimate of drug-likeness (QED) is 0.762. The molecule has 96 valence electrons. The molecule has 2 heterocycles. The van der Waals surface area contributed by atoms with Crippen LogP contribution in [0.3, 0.4) is 0 Å². The second kappa shape index (κ2) is 4.05. The number of hydrogen-bond acceptors (Lipinski definition) is 3. The van der Waals surface area contributed by atoms with Crippen molar-refractivity contribution in [3.63, 3.8) is 0 Å². The van der Waals surface area contributed by atoms with Crippen LogP contribution in [0.1, 0.15) is 16.1 Å². The SMILES string of the molecule is CN1C(=O)Cc2cc(-c3ncn(C)c3C=O)ccc21. The molecule has 0 saturated carbocycles. The zero-order valence-electron chi connectivity index (χ0n) is 10.8. The Morgan fingerprint density at radius 2 is 2.11 bits per heavy atom. The summed E-state index contributed by atoms with van der Waals surface area (Å²) in [5, 5.41) is 0. The van der Waals surface area contributed by atoms with E-state index in [4.69, 9.17) is 0 Å². The number of benzene rings is 1. The molecule has 0 aliphatic carbocycles. The van der Waals surface area contributed by atoms with E-state index < -0.39 is 0 Å². The summed E-state index contributed by atoms with van der Waals surface area (Å²) in [6.45, 7) is 0. The Morgan fingerprint density at radius 1 is 1.32 bits per heavy atom. The van der Waals surface area contributed by atoms with Crippen molar-refractivity contribution >= 4 is 17.9 Å². The van der Waals surface area contributed by atoms with Gasteiger partial charge in [-0.2, -0.15) is 0 Å². The average molecular weight is 255 g/mol. The molecule has 0 atom stereocenters. The predicted octanol–water partition coefficient (Wildman–Crippen LogP) is 1.42. The van der Waals surface area contributed by atoms with Gasteiger partial charge in [-0.25, -0.2) is 4.98 Å². The van der Waals surface area contributed by atoms with Crippen LogP contribution in [0.4, 0.5) is 5.69 Å². The Labute approximate surface area is 110 Å². The molecular formula is C14H13N3O2. The Balaban J connectivity index is 2.11. The van der Waals surface area contributed by atoms with E-state index in [2.05, 4.69) is 4.98 Å². The molecule has 0 fully saturated rings. The van der Waals surface area contributed by atoms with Crippen molar-refractivity contribution in [1.82, 2.24) is 9.55 Å². The molecule has 0 N–H and O–H groups in total. The maximum Gasteiger partial charge on any atom is 0.231 e. The molecule has 1 aliphatic heterocycles. The molecule has 1 aromatic heterocycles. The van der Waals surface area contributed by atoms with Crippen molar-refractivity contribution in [2.24, 2.45) is 7.05 Å². The number of carbonyl (C=O) groups is 2. The van der Waals surface area contributed by atoms with Crippen molar-refractivity contribution in [1.29, 1.82) is 0 Å². The molecule has 5 nitrogen and oxygen atoms in total. The average Bonchev–Trinajstić information content (AvgIpc) is 2.90. The fraction of sp³-hybridized carbons (Fsp3) is 0.214. The molecule has 0 bridgehead atoms. The van der Waals surface area contributed by atoms with Crippen molar-refractivity contribution in [3.05, 3.63) is 35.8 Å². The van der Waals surface area contributed by atoms with Gasteiger partial charge in [0.25, 0.3) is 0 Å². The summed E-state index contributed by atoms with van der Waals surface area (Å²) >= 11 is 0. The first-order chi connectivity index (χ1) is 9.11. The number of likely N-dealkylation sites (N-methyl/N-ethyl adjacent to an activating group) is 1. The van der Waals surface area contributed by atoms with Crippen molar-refractivity contribution in [2.45, 2.75) is 6.42 Å². The fourth-order valence-electron chi connectivity index (χ4n) is 2.42. The number of hydrogen-bond donors (Lipinski definition) is 0. The number of aryl methyl sites for hydroxylation is 1. The molecule has 0 saturated heterocycles. The summed E-state index contributed by atoms with van der Waals surface area (Å²) in [5.74, 6) is 0.0868. The van der Waals surface area contributed by atoms with E-state index in [0.717, 1.165) is 23.1 Å². The predicted molar refractivity (Wildman–Crippen MR) is 71.1 cm³/mol. The van der Waals surface area contributed by atoms with E-state index in [9.17, 15) is 9.59 Å². The van der Waals surface area contributed by atoms with Gasteiger partial charge in [-0.05, 0) is 17.7 Å². The number of aldehydes is 1. The number of carbonyl (C=O) groups excluding carboxylic acids is 2. The first-order valence-corrected chi connectivity index (χ1v) is 5.98. The molecule has 2 aromatic rings. The lowest BCUT2D eigenvalue weighted by molar-refractivity contribution is -0.117. The minimum atomic E-state index is 0.0868. The minimum Gasteiger partial charge on any atom is -0.331 e. The van der Waals surface area contributed by atoms with E-state index in [0.29, 0.717) is 17.8 Å². The van der Waals surface area contributed by atoms with Crippen LogP contribution in [0, 0.1) is 0 Å². The van der Waals surface area contributed by atoms with Crippen LogP contribution in [0.5, 0.6) is 0 Å². The molecule has 5 heteroatoms. The van der Waals surface area contributed by atoms with Gasteiger partial charge in [0.2, 0.25) is 5.91 Å². The highest BCUT2D eigenvalue weighted by atomic mass is 16.2. The van der Waals surface area contributed by atoms with Gasteiger partial charge in [-0.15, -0.1) is 0 Å². The second-order valence-corrected chi connectivity index (χ2v) is 4.68. The van der Waals surface area contributed by atoms with Gasteiger partial charge in [0.1, 0.15) is 5.69 Å². The van der Waals surface area contributed by atoms with Gasteiger partial charge >= 0.3 is 0 Å². The largest absolute Gasteiger partial charge is 0.331 e. The maximum absolute atomic E-state index is 11.7. The standard InChI is InChI=1S/C14H13N3O2/c1-16-8-15-14(12(16)7-18)9-3-4-11-10(5-9)6-13(19)17(11)2/h3-5,7-8H,6H2,1-2H3. The summed E-state index contributed by atoms with van der Waals surface area (Å²) in [5.41, 5.74) is 3.97. The number of anilines is 1. The number of imidazole rings is 1. The minimum absolute atomic E-state index is 0.0868. The zero-order valence-corrected chi connectivity index (χ0v) is 10.8. The third kappa shape index (κ3) is 1.66. The van der Waals surface area contributed by atoms with Crippen LogP contribution in [0.25, 0.3) is 11.3 Å². The topological polar surface area (TPSA) is 55.2 Å². The zero-order chi connectivity index (χ0) is 13.6. The van der Waals surface area contributed by atoms with Gasteiger partial charge in [-0.3, -0.25) is 9.59 Å². The lowest BCUT2D eigenvalue weighted by Crippen LogP contribution is -2.20. The fourth-order valence-corrected chi connectivity index (χ4v) is 2.42. The van der Waals surface area contributed by atoms with Crippen LogP contribution in [-0.4, -0.2) is 28.8 Å². The first kappa shape index (κ1) is 11.6. The van der Waals surface area contributed by atoms with E-state index in [-0.39, 0.29) is 5.91 Å². The van der Waals surface area contributed by atoms with E-state index >= 15 is 0 Å². The molecule has 19 heavy (non-hydrogen) atoms. The number of rotatable bonds is 2. The monoisotopic (exact) mass is 255 g/mol. The summed E-state index contributed by atoms with van der Waals surface area (Å²) < 4.78 is 1.69. The number of fused-ring (bicyclic) bond motifs is 1. The maximum atomic E-state index is 11.7. The van der Waals surface area contributed by atoms with E-state index in [1.807, 2.05) is 18.2 Å². The lowest BCUT2D eigenvalue weighted by atomic mass is 10.0. The van der Waals surface area contributed by atoms with Crippen LogP contribution >= 0.6 is 0 Å². The van der Waals surface area contributed by atoms with E-state index in [1.165, 1.54) is 0 Å². The summed E-state index contributed by atoms with van der Waals surface area (Å²) in [6.07, 6.45) is 2.82. The number of aromatic nitrogens is 2. The Hall–Kier alpha value is -2.43. The Bertz CT molecular complexity index is 688. The Kier molecular flexibility index (Phi) is 2.48. The number of nitrogens with zero attached hydrogens (tertiary/aromatic N) is 3. The van der Waals surface area contributed by atoms with Crippen molar-refractivity contribution in [3.8, 4) is 11.3 Å². The van der Waals surface area contributed by atoms with Crippen molar-refractivity contribution < 1.29 is 9.59 Å². The molecule has 3 rings (SSSR count). The molecule has 1 aromatic carbocycles. The van der Waals surface area contributed by atoms with Gasteiger partial charge in [0.05, 0.1) is 18.4 Å². The smallest absolute Gasteiger partial charge is 0.231 e. The van der Waals surface area contributed by atoms with Gasteiger partial charge < -0.3 is 9.47 Å². The van der Waals surface area contributed by atoms with Crippen LogP contribution < -0.4 is 4.90 Å². The van der Waals surface area contributed by atoms with E-state index in [1.54, 1.807) is 29.9 Å². The molecule has 0 spiro atoms. The molecule has 1 aliphatic rings. The summed E-state index contributed by atoms with van der Waals surface area (Å²) in [7, 11) is 3.55. The molecule has 1 amide bonds. The second-order valence-electron chi connectivity index (χ2n) is 4.68. The van der Waals surface area contributed by atoms with Gasteiger partial charge in [-0.1, -0.05) is 6.07 Å². The first-order valence-electron chi connectivity index (χ1n) is 5.98. The number of amides is 1. The van der Waals surface area contributed by atoms with Gasteiger partial charge in [0, 0.05) is 25.3 Å². The third-order valence-corrected chi connectivity index (χ3v) is 3.52. The molecular weight excluding hydrogens is 242 g/mol. The highest BCUT2D eigenvalue weighted by molar-refractivity contribution is 6.01. The molecule has 0 radical (unpaired) electrons. The highest BCUT2D eigenvalue weighted by Crippen LogP contribution is 2.32. The van der Waals surface area contributed by atoms with Crippen LogP contribution in [-0.2, 0) is 18.3 Å². The normalized spacial score (nSPS) is 13.8. The van der Waals surface area contributed by atoms with Gasteiger partial charge in [0.15, 0.2) is 6.29 Å². The molecule has 0 unspecified atom stereocenters. The summed E-state index contributed by atoms with van der Waals surface area (Å²) in [6, 6.07) is 5.73. The van der Waals surface area contributed by atoms with Crippen LogP contribution in [0.15, 0.2) is 24.5 Å². The third-order valence-electron chi connectivity index (χ3n) is 3.52. The Morgan fingerprint density at radius 3 is 2.84 bits per heavy atom. The van der Waals surface area contributed by atoms with Crippen LogP contribution in [0.2, 0.25) is 0 Å².